The van der Waals surface area contributed by atoms with Crippen molar-refractivity contribution >= 4 is 0 Å². The van der Waals surface area contributed by atoms with Gasteiger partial charge in [-0.2, -0.15) is 0 Å². The van der Waals surface area contributed by atoms with Gasteiger partial charge in [0, 0.05) is 6.04 Å². The molecule has 4 atom stereocenters. The van der Waals surface area contributed by atoms with E-state index in [1.807, 2.05) is 0 Å². The summed E-state index contributed by atoms with van der Waals surface area (Å²) < 4.78 is 0. The Kier molecular flexibility index (Phi) is 5.88. The highest BCUT2D eigenvalue weighted by Gasteiger charge is 2.48. The molecule has 0 heterocycles. The lowest BCUT2D eigenvalue weighted by molar-refractivity contribution is -0.0533. The van der Waals surface area contributed by atoms with E-state index >= 15 is 0 Å². The summed E-state index contributed by atoms with van der Waals surface area (Å²) >= 11 is 0. The smallest absolute Gasteiger partial charge is 0.00390 e. The molecule has 1 nitrogen and oxygen atoms in total. The molecule has 1 heteroatoms. The summed E-state index contributed by atoms with van der Waals surface area (Å²) in [5, 5.41) is 0. The predicted molar refractivity (Wildman–Crippen MR) is 114 cm³/mol. The van der Waals surface area contributed by atoms with Crippen LogP contribution in [0.2, 0.25) is 0 Å². The molecule has 0 saturated heterocycles. The van der Waals surface area contributed by atoms with Crippen LogP contribution >= 0.6 is 0 Å². The molecule has 0 amide bonds. The van der Waals surface area contributed by atoms with E-state index in [1.54, 1.807) is 83.5 Å². The Hall–Kier alpha value is -0.0400. The third-order valence-electron chi connectivity index (χ3n) is 10.4. The van der Waals surface area contributed by atoms with Gasteiger partial charge in [0.05, 0.1) is 0 Å². The third kappa shape index (κ3) is 3.88. The molecule has 0 aromatic carbocycles. The molecule has 0 aliphatic heterocycles. The second-order valence-corrected chi connectivity index (χ2v) is 11.6. The Balaban J connectivity index is 1.25. The van der Waals surface area contributed by atoms with Gasteiger partial charge in [-0.1, -0.05) is 38.5 Å². The molecule has 5 fully saturated rings. The van der Waals surface area contributed by atoms with E-state index in [9.17, 15) is 0 Å². The van der Waals surface area contributed by atoms with Crippen molar-refractivity contribution in [3.05, 3.63) is 0 Å². The number of nitrogens with two attached hydrogens (primary N) is 1. The maximum absolute atomic E-state index is 6.17. The molecule has 5 aliphatic carbocycles. The van der Waals surface area contributed by atoms with Gasteiger partial charge in [-0.3, -0.25) is 0 Å². The molecule has 0 aromatic heterocycles. The minimum atomic E-state index is 0.520. The lowest BCUT2D eigenvalue weighted by Gasteiger charge is -2.55. The number of hydrogen-bond donors (Lipinski definition) is 1. The number of fused-ring (bicyclic) bond motifs is 2. The molecular formula is C26H45N. The molecule has 4 unspecified atom stereocenters. The van der Waals surface area contributed by atoms with Crippen molar-refractivity contribution in [2.24, 2.45) is 53.1 Å². The lowest BCUT2D eigenvalue weighted by atomic mass is 9.50. The Labute approximate surface area is 168 Å². The predicted octanol–water partition coefficient (Wildman–Crippen LogP) is 6.94. The molecule has 0 radical (unpaired) electrons. The topological polar surface area (TPSA) is 26.0 Å². The fourth-order valence-corrected chi connectivity index (χ4v) is 9.09. The monoisotopic (exact) mass is 371 g/mol. The largest absolute Gasteiger partial charge is 0.328 e. The first-order valence-corrected chi connectivity index (χ1v) is 13.0. The van der Waals surface area contributed by atoms with Crippen LogP contribution in [-0.4, -0.2) is 6.04 Å². The highest BCUT2D eigenvalue weighted by atomic mass is 14.6. The number of hydrogen-bond acceptors (Lipinski definition) is 1. The Morgan fingerprint density at radius 3 is 1.41 bits per heavy atom. The van der Waals surface area contributed by atoms with Crippen LogP contribution in [0, 0.1) is 47.3 Å². The van der Waals surface area contributed by atoms with Gasteiger partial charge < -0.3 is 5.73 Å². The molecule has 2 N–H and O–H groups in total. The molecule has 27 heavy (non-hydrogen) atoms. The molecule has 5 rings (SSSR count). The highest BCUT2D eigenvalue weighted by molar-refractivity contribution is 4.98. The molecule has 0 bridgehead atoms. The van der Waals surface area contributed by atoms with Crippen molar-refractivity contribution in [2.75, 3.05) is 0 Å². The first-order chi connectivity index (χ1) is 13.3. The number of rotatable bonds is 2. The Bertz CT molecular complexity index is 449. The van der Waals surface area contributed by atoms with Crippen molar-refractivity contribution in [1.82, 2.24) is 0 Å². The van der Waals surface area contributed by atoms with Gasteiger partial charge in [-0.15, -0.1) is 0 Å². The summed E-state index contributed by atoms with van der Waals surface area (Å²) in [4.78, 5) is 0. The zero-order valence-corrected chi connectivity index (χ0v) is 17.8. The zero-order chi connectivity index (χ0) is 18.2. The summed E-state index contributed by atoms with van der Waals surface area (Å²) in [6, 6.07) is 0.520. The average molecular weight is 372 g/mol. The van der Waals surface area contributed by atoms with Gasteiger partial charge >= 0.3 is 0 Å². The van der Waals surface area contributed by atoms with Crippen molar-refractivity contribution in [1.29, 1.82) is 0 Å². The van der Waals surface area contributed by atoms with Crippen molar-refractivity contribution < 1.29 is 0 Å². The summed E-state index contributed by atoms with van der Waals surface area (Å²) in [6.45, 7) is 0. The normalized spacial score (nSPS) is 51.2. The van der Waals surface area contributed by atoms with E-state index in [-0.39, 0.29) is 0 Å². The van der Waals surface area contributed by atoms with Gasteiger partial charge in [0.2, 0.25) is 0 Å². The van der Waals surface area contributed by atoms with E-state index in [0.29, 0.717) is 6.04 Å². The minimum absolute atomic E-state index is 0.520. The van der Waals surface area contributed by atoms with Gasteiger partial charge in [0.1, 0.15) is 0 Å². The van der Waals surface area contributed by atoms with Crippen molar-refractivity contribution in [3.8, 4) is 0 Å². The van der Waals surface area contributed by atoms with Crippen LogP contribution < -0.4 is 5.73 Å². The second kappa shape index (κ2) is 8.37. The molecule has 154 valence electrons. The maximum atomic E-state index is 6.17. The molecule has 0 spiro atoms. The van der Waals surface area contributed by atoms with Crippen LogP contribution in [0.3, 0.4) is 0 Å². The zero-order valence-electron chi connectivity index (χ0n) is 17.8. The van der Waals surface area contributed by atoms with Gasteiger partial charge in [0.15, 0.2) is 0 Å². The van der Waals surface area contributed by atoms with Crippen LogP contribution in [-0.2, 0) is 0 Å². The molecule has 5 saturated carbocycles. The third-order valence-corrected chi connectivity index (χ3v) is 10.4. The van der Waals surface area contributed by atoms with Crippen molar-refractivity contribution in [2.45, 2.75) is 115 Å². The standard InChI is InChI=1S/C26H45N/c27-23-15-13-19(14-16-23)18-9-11-20(12-10-18)26-24-7-3-1-5-21(24)17-22-6-2-4-8-25(22)26/h18-26H,1-17,27H2. The maximum Gasteiger partial charge on any atom is 0.00390 e. The van der Waals surface area contributed by atoms with Gasteiger partial charge in [-0.25, -0.2) is 0 Å². The van der Waals surface area contributed by atoms with Crippen LogP contribution in [0.15, 0.2) is 0 Å². The second-order valence-electron chi connectivity index (χ2n) is 11.6. The Morgan fingerprint density at radius 2 is 0.852 bits per heavy atom. The van der Waals surface area contributed by atoms with E-state index in [4.69, 9.17) is 5.73 Å². The molecular weight excluding hydrogens is 326 g/mol. The van der Waals surface area contributed by atoms with E-state index < -0.39 is 0 Å². The van der Waals surface area contributed by atoms with Crippen LogP contribution in [0.1, 0.15) is 109 Å². The molecule has 5 aliphatic rings. The quantitative estimate of drug-likeness (QED) is 0.559. The van der Waals surface area contributed by atoms with Gasteiger partial charge in [-0.05, 0) is 118 Å². The van der Waals surface area contributed by atoms with Crippen LogP contribution in [0.5, 0.6) is 0 Å². The SMILES string of the molecule is NC1CCC(C2CCC(C3C4CCCCC4CC4CCCCC43)CC2)CC1. The first-order valence-electron chi connectivity index (χ1n) is 13.0. The van der Waals surface area contributed by atoms with Crippen molar-refractivity contribution in [3.63, 3.8) is 0 Å². The summed E-state index contributed by atoms with van der Waals surface area (Å²) in [7, 11) is 0. The van der Waals surface area contributed by atoms with Crippen LogP contribution in [0.25, 0.3) is 0 Å². The summed E-state index contributed by atoms with van der Waals surface area (Å²) in [6.07, 6.45) is 26.0. The van der Waals surface area contributed by atoms with E-state index in [2.05, 4.69) is 0 Å². The minimum Gasteiger partial charge on any atom is -0.328 e. The van der Waals surface area contributed by atoms with E-state index in [1.165, 1.54) is 25.7 Å². The fraction of sp³-hybridized carbons (Fsp3) is 1.00. The highest BCUT2D eigenvalue weighted by Crippen LogP contribution is 2.57. The van der Waals surface area contributed by atoms with Crippen LogP contribution in [0.4, 0.5) is 0 Å². The van der Waals surface area contributed by atoms with E-state index in [0.717, 1.165) is 47.3 Å². The molecule has 0 aromatic rings. The fourth-order valence-electron chi connectivity index (χ4n) is 9.09. The first kappa shape index (κ1) is 19.0. The van der Waals surface area contributed by atoms with Gasteiger partial charge in [0.25, 0.3) is 0 Å². The summed E-state index contributed by atoms with van der Waals surface area (Å²) in [5.41, 5.74) is 6.17. The lowest BCUT2D eigenvalue weighted by Crippen LogP contribution is -2.47. The Morgan fingerprint density at radius 1 is 0.407 bits per heavy atom. The average Bonchev–Trinajstić information content (AvgIpc) is 2.73. The summed E-state index contributed by atoms with van der Waals surface area (Å²) in [5.74, 6) is 8.84.